The average Bonchev–Trinajstić information content (AvgIpc) is 2.75. The summed E-state index contributed by atoms with van der Waals surface area (Å²) in [5, 5.41) is 0. The smallest absolute Gasteiger partial charge is 0.183 e. The van der Waals surface area contributed by atoms with Crippen LogP contribution in [0.2, 0.25) is 4.34 Å². The molecule has 0 N–H and O–H groups in total. The highest BCUT2D eigenvalue weighted by Gasteiger charge is 2.09. The second kappa shape index (κ2) is 5.67. The van der Waals surface area contributed by atoms with Gasteiger partial charge in [-0.3, -0.25) is 4.79 Å². The van der Waals surface area contributed by atoms with Gasteiger partial charge in [-0.05, 0) is 36.4 Å². The first-order valence-electron chi connectivity index (χ1n) is 4.82. The Morgan fingerprint density at radius 2 is 1.94 bits per heavy atom. The van der Waals surface area contributed by atoms with Crippen LogP contribution >= 0.6 is 34.7 Å². The topological polar surface area (TPSA) is 17.1 Å². The number of halogens is 2. The van der Waals surface area contributed by atoms with Crippen LogP contribution in [-0.4, -0.2) is 11.5 Å². The van der Waals surface area contributed by atoms with Crippen LogP contribution in [-0.2, 0) is 0 Å². The molecule has 5 heteroatoms. The van der Waals surface area contributed by atoms with Gasteiger partial charge >= 0.3 is 0 Å². The summed E-state index contributed by atoms with van der Waals surface area (Å²) < 4.78 is 13.3. The van der Waals surface area contributed by atoms with Crippen LogP contribution in [0.5, 0.6) is 0 Å². The molecule has 88 valence electrons. The zero-order valence-electron chi connectivity index (χ0n) is 8.65. The molecule has 0 amide bonds. The first-order valence-corrected chi connectivity index (χ1v) is 7.00. The molecule has 2 aromatic rings. The van der Waals surface area contributed by atoms with Crippen molar-refractivity contribution in [2.24, 2.45) is 0 Å². The zero-order chi connectivity index (χ0) is 12.3. The predicted molar refractivity (Wildman–Crippen MR) is 70.8 cm³/mol. The monoisotopic (exact) mass is 286 g/mol. The molecule has 0 fully saturated rings. The Morgan fingerprint density at radius 1 is 1.24 bits per heavy atom. The lowest BCUT2D eigenvalue weighted by Gasteiger charge is -1.99. The summed E-state index contributed by atoms with van der Waals surface area (Å²) in [6, 6.07) is 9.52. The lowest BCUT2D eigenvalue weighted by molar-refractivity contribution is 0.102. The molecule has 2 rings (SSSR count). The van der Waals surface area contributed by atoms with Gasteiger partial charge in [0.2, 0.25) is 0 Å². The highest BCUT2D eigenvalue weighted by molar-refractivity contribution is 8.00. The van der Waals surface area contributed by atoms with Gasteiger partial charge in [-0.2, -0.15) is 0 Å². The number of thiophene rings is 1. The Kier molecular flexibility index (Phi) is 4.20. The molecule has 1 nitrogen and oxygen atoms in total. The fourth-order valence-corrected chi connectivity index (χ4v) is 3.07. The molecule has 0 aliphatic heterocycles. The van der Waals surface area contributed by atoms with Gasteiger partial charge in [0.25, 0.3) is 0 Å². The first kappa shape index (κ1) is 12.6. The molecular weight excluding hydrogens is 279 g/mol. The van der Waals surface area contributed by atoms with Crippen molar-refractivity contribution in [2.75, 3.05) is 5.75 Å². The number of carbonyl (C=O) groups is 1. The van der Waals surface area contributed by atoms with Gasteiger partial charge < -0.3 is 0 Å². The molecular formula is C12H8ClFOS2. The Hall–Kier alpha value is -0.840. The van der Waals surface area contributed by atoms with E-state index in [1.54, 1.807) is 24.3 Å². The Morgan fingerprint density at radius 3 is 2.53 bits per heavy atom. The van der Waals surface area contributed by atoms with Crippen molar-refractivity contribution in [3.05, 3.63) is 51.4 Å². The van der Waals surface area contributed by atoms with Crippen molar-refractivity contribution in [2.45, 2.75) is 4.90 Å². The number of ketones is 1. The molecule has 0 aliphatic carbocycles. The van der Waals surface area contributed by atoms with Crippen LogP contribution in [0.1, 0.15) is 9.67 Å². The highest BCUT2D eigenvalue weighted by Crippen LogP contribution is 2.25. The number of benzene rings is 1. The number of thioether (sulfide) groups is 1. The number of carbonyl (C=O) groups excluding carboxylic acids is 1. The molecule has 0 bridgehead atoms. The maximum Gasteiger partial charge on any atom is 0.183 e. The highest BCUT2D eigenvalue weighted by atomic mass is 35.5. The lowest BCUT2D eigenvalue weighted by atomic mass is 10.3. The molecule has 0 saturated carbocycles. The van der Waals surface area contributed by atoms with Crippen molar-refractivity contribution in [1.82, 2.24) is 0 Å². The summed E-state index contributed by atoms with van der Waals surface area (Å²) in [5.41, 5.74) is 0. The van der Waals surface area contributed by atoms with Crippen LogP contribution in [0.15, 0.2) is 41.3 Å². The van der Waals surface area contributed by atoms with Gasteiger partial charge in [-0.1, -0.05) is 11.6 Å². The number of rotatable bonds is 4. The van der Waals surface area contributed by atoms with E-state index in [0.717, 1.165) is 4.90 Å². The maximum atomic E-state index is 12.7. The Balaban J connectivity index is 1.94. The third-order valence-corrected chi connectivity index (χ3v) is 4.32. The van der Waals surface area contributed by atoms with Crippen molar-refractivity contribution in [1.29, 1.82) is 0 Å². The fourth-order valence-electron chi connectivity index (χ4n) is 1.21. The zero-order valence-corrected chi connectivity index (χ0v) is 11.0. The summed E-state index contributed by atoms with van der Waals surface area (Å²) >= 11 is 8.42. The van der Waals surface area contributed by atoms with Gasteiger partial charge in [0.15, 0.2) is 5.78 Å². The van der Waals surface area contributed by atoms with Crippen LogP contribution < -0.4 is 0 Å². The minimum absolute atomic E-state index is 0.0382. The summed E-state index contributed by atoms with van der Waals surface area (Å²) in [4.78, 5) is 13.3. The lowest BCUT2D eigenvalue weighted by Crippen LogP contribution is -1.98. The largest absolute Gasteiger partial charge is 0.292 e. The molecule has 0 saturated heterocycles. The van der Waals surface area contributed by atoms with Gasteiger partial charge in [-0.25, -0.2) is 4.39 Å². The Labute approximate surface area is 112 Å². The summed E-state index contributed by atoms with van der Waals surface area (Å²) in [7, 11) is 0. The van der Waals surface area contributed by atoms with Crippen molar-refractivity contribution in [3.8, 4) is 0 Å². The molecule has 0 unspecified atom stereocenters. The van der Waals surface area contributed by atoms with E-state index in [1.165, 1.54) is 35.2 Å². The Bertz CT molecular complexity index is 522. The normalized spacial score (nSPS) is 10.5. The third kappa shape index (κ3) is 3.56. The predicted octanol–water partition coefficient (Wildman–Crippen LogP) is 4.52. The van der Waals surface area contributed by atoms with E-state index in [1.807, 2.05) is 0 Å². The molecule has 0 aliphatic rings. The minimum atomic E-state index is -0.272. The number of Topliss-reactive ketones (excluding diaryl/α,β-unsaturated/α-hetero) is 1. The maximum absolute atomic E-state index is 12.7. The molecule has 1 aromatic heterocycles. The molecule has 1 aromatic carbocycles. The summed E-state index contributed by atoms with van der Waals surface area (Å²) in [6.45, 7) is 0. The van der Waals surface area contributed by atoms with Gasteiger partial charge in [0.1, 0.15) is 5.82 Å². The molecule has 1 heterocycles. The second-order valence-corrected chi connectivity index (χ2v) is 6.03. The van der Waals surface area contributed by atoms with Crippen LogP contribution in [0.4, 0.5) is 4.39 Å². The standard InChI is InChI=1S/C12H8ClFOS2/c13-12-6-5-11(17-12)10(15)7-16-9-3-1-8(14)2-4-9/h1-6H,7H2. The van der Waals surface area contributed by atoms with E-state index >= 15 is 0 Å². The molecule has 0 spiro atoms. The van der Waals surface area contributed by atoms with Gasteiger partial charge in [-0.15, -0.1) is 23.1 Å². The minimum Gasteiger partial charge on any atom is -0.292 e. The SMILES string of the molecule is O=C(CSc1ccc(F)cc1)c1ccc(Cl)s1. The summed E-state index contributed by atoms with van der Waals surface area (Å²) in [5.74, 6) is 0.101. The van der Waals surface area contributed by atoms with Crippen molar-refractivity contribution in [3.63, 3.8) is 0 Å². The van der Waals surface area contributed by atoms with Gasteiger partial charge in [0, 0.05) is 4.90 Å². The van der Waals surface area contributed by atoms with E-state index in [0.29, 0.717) is 15.0 Å². The fraction of sp³-hybridized carbons (Fsp3) is 0.0833. The van der Waals surface area contributed by atoms with E-state index in [9.17, 15) is 9.18 Å². The third-order valence-electron chi connectivity index (χ3n) is 2.03. The van der Waals surface area contributed by atoms with E-state index in [2.05, 4.69) is 0 Å². The van der Waals surface area contributed by atoms with Crippen LogP contribution in [0.25, 0.3) is 0 Å². The quantitative estimate of drug-likeness (QED) is 0.607. The molecule has 17 heavy (non-hydrogen) atoms. The average molecular weight is 287 g/mol. The van der Waals surface area contributed by atoms with E-state index in [4.69, 9.17) is 11.6 Å². The van der Waals surface area contributed by atoms with Gasteiger partial charge in [0.05, 0.1) is 15.0 Å². The number of hydrogen-bond acceptors (Lipinski definition) is 3. The molecule has 0 atom stereocenters. The molecule has 0 radical (unpaired) electrons. The van der Waals surface area contributed by atoms with E-state index in [-0.39, 0.29) is 11.6 Å². The second-order valence-electron chi connectivity index (χ2n) is 3.27. The van der Waals surface area contributed by atoms with Crippen molar-refractivity contribution < 1.29 is 9.18 Å². The number of hydrogen-bond donors (Lipinski definition) is 0. The van der Waals surface area contributed by atoms with E-state index < -0.39 is 0 Å². The summed E-state index contributed by atoms with van der Waals surface area (Å²) in [6.07, 6.45) is 0. The van der Waals surface area contributed by atoms with Crippen LogP contribution in [0, 0.1) is 5.82 Å². The first-order chi connectivity index (χ1) is 8.15. The van der Waals surface area contributed by atoms with Crippen molar-refractivity contribution >= 4 is 40.5 Å². The van der Waals surface area contributed by atoms with Crippen LogP contribution in [0.3, 0.4) is 0 Å².